The fraction of sp³-hybridized carbons (Fsp3) is 0.455. The van der Waals surface area contributed by atoms with Gasteiger partial charge in [-0.05, 0) is 48.8 Å². The number of anilines is 1. The molecule has 0 aromatic heterocycles. The van der Waals surface area contributed by atoms with E-state index in [0.717, 1.165) is 24.0 Å². The number of para-hydroxylation sites is 1. The van der Waals surface area contributed by atoms with Gasteiger partial charge in [0.15, 0.2) is 0 Å². The second kappa shape index (κ2) is 11.2. The SMILES string of the molecule is Cc1ccc(Pc2cccc(C(C)(C)C)c2O)c(N2CCCCC2)c1.[Cl][Ti][Cl]. The summed E-state index contributed by atoms with van der Waals surface area (Å²) in [5.41, 5.74) is 3.65. The predicted octanol–water partition coefficient (Wildman–Crippen LogP) is 5.99. The van der Waals surface area contributed by atoms with Gasteiger partial charge >= 0.3 is 35.6 Å². The third-order valence-corrected chi connectivity index (χ3v) is 6.33. The van der Waals surface area contributed by atoms with Gasteiger partial charge in [0.05, 0.1) is 0 Å². The van der Waals surface area contributed by atoms with Crippen LogP contribution >= 0.6 is 27.2 Å². The summed E-state index contributed by atoms with van der Waals surface area (Å²) in [6.45, 7) is 10.9. The van der Waals surface area contributed by atoms with Gasteiger partial charge in [0.25, 0.3) is 0 Å². The molecule has 6 heteroatoms. The first-order valence-corrected chi connectivity index (χ1v) is 15.0. The van der Waals surface area contributed by atoms with Crippen LogP contribution in [0.25, 0.3) is 0 Å². The van der Waals surface area contributed by atoms with E-state index in [9.17, 15) is 5.11 Å². The van der Waals surface area contributed by atoms with Gasteiger partial charge in [0, 0.05) is 29.4 Å². The average Bonchev–Trinajstić information content (AvgIpc) is 2.65. The number of halogens is 2. The number of aryl methyl sites for hydroxylation is 1. The topological polar surface area (TPSA) is 23.5 Å². The molecular formula is C22H30Cl2NOPTi. The fourth-order valence-electron chi connectivity index (χ4n) is 3.54. The van der Waals surface area contributed by atoms with Crippen LogP contribution < -0.4 is 15.5 Å². The van der Waals surface area contributed by atoms with Gasteiger partial charge in [0.2, 0.25) is 0 Å². The molecule has 1 aliphatic rings. The van der Waals surface area contributed by atoms with Gasteiger partial charge < -0.3 is 10.0 Å². The zero-order valence-corrected chi connectivity index (χ0v) is 21.2. The Morgan fingerprint density at radius 1 is 1.00 bits per heavy atom. The molecule has 1 heterocycles. The molecule has 2 aromatic carbocycles. The van der Waals surface area contributed by atoms with Crippen molar-refractivity contribution in [1.29, 1.82) is 0 Å². The van der Waals surface area contributed by atoms with E-state index >= 15 is 0 Å². The van der Waals surface area contributed by atoms with Crippen LogP contribution in [-0.2, 0) is 22.4 Å². The number of piperidine rings is 1. The molecule has 3 rings (SSSR count). The minimum atomic E-state index is -0.556. The van der Waals surface area contributed by atoms with Crippen molar-refractivity contribution in [3.05, 3.63) is 47.5 Å². The van der Waals surface area contributed by atoms with E-state index < -0.39 is 17.0 Å². The summed E-state index contributed by atoms with van der Waals surface area (Å²) in [6.07, 6.45) is 3.90. The van der Waals surface area contributed by atoms with Crippen LogP contribution in [0.3, 0.4) is 0 Å². The summed E-state index contributed by atoms with van der Waals surface area (Å²) in [4.78, 5) is 2.53. The Kier molecular flexibility index (Phi) is 9.65. The summed E-state index contributed by atoms with van der Waals surface area (Å²) < 4.78 is 0. The number of benzene rings is 2. The van der Waals surface area contributed by atoms with E-state index in [0.29, 0.717) is 14.3 Å². The number of nitrogens with zero attached hydrogens (tertiary/aromatic N) is 1. The molecule has 1 aliphatic heterocycles. The first-order chi connectivity index (χ1) is 13.3. The van der Waals surface area contributed by atoms with Crippen LogP contribution in [-0.4, -0.2) is 18.2 Å². The van der Waals surface area contributed by atoms with Crippen molar-refractivity contribution in [3.63, 3.8) is 0 Å². The Bertz CT molecular complexity index is 774. The molecule has 2 nitrogen and oxygen atoms in total. The normalized spacial score (nSPS) is 14.7. The van der Waals surface area contributed by atoms with E-state index in [-0.39, 0.29) is 5.41 Å². The number of rotatable bonds is 3. The van der Waals surface area contributed by atoms with Crippen molar-refractivity contribution in [3.8, 4) is 5.75 Å². The quantitative estimate of drug-likeness (QED) is 0.436. The molecule has 28 heavy (non-hydrogen) atoms. The Morgan fingerprint density at radius 3 is 2.25 bits per heavy atom. The molecule has 1 saturated heterocycles. The van der Waals surface area contributed by atoms with E-state index in [2.05, 4.69) is 62.9 Å². The van der Waals surface area contributed by atoms with Gasteiger partial charge in [-0.2, -0.15) is 0 Å². The summed E-state index contributed by atoms with van der Waals surface area (Å²) in [6, 6.07) is 13.0. The molecule has 0 amide bonds. The van der Waals surface area contributed by atoms with E-state index in [1.165, 1.54) is 35.8 Å². The molecular weight excluding hydrogens is 444 g/mol. The number of phenolic OH excluding ortho intramolecular Hbond substituents is 1. The average molecular weight is 474 g/mol. The predicted molar refractivity (Wildman–Crippen MR) is 123 cm³/mol. The Balaban J connectivity index is 0.000000878. The van der Waals surface area contributed by atoms with Crippen molar-refractivity contribution in [1.82, 2.24) is 0 Å². The Morgan fingerprint density at radius 2 is 1.64 bits per heavy atom. The molecule has 0 spiro atoms. The first-order valence-electron chi connectivity index (χ1n) is 9.69. The van der Waals surface area contributed by atoms with Crippen LogP contribution in [0.1, 0.15) is 51.2 Å². The molecule has 0 radical (unpaired) electrons. The van der Waals surface area contributed by atoms with Gasteiger partial charge in [0.1, 0.15) is 5.75 Å². The zero-order chi connectivity index (χ0) is 20.7. The van der Waals surface area contributed by atoms with Crippen molar-refractivity contribution in [2.24, 2.45) is 0 Å². The van der Waals surface area contributed by atoms with E-state index in [1.54, 1.807) is 0 Å². The third-order valence-electron chi connectivity index (χ3n) is 4.96. The second-order valence-electron chi connectivity index (χ2n) is 8.22. The molecule has 1 N–H and O–H groups in total. The fourth-order valence-corrected chi connectivity index (χ4v) is 4.79. The Hall–Kier alpha value is -0.236. The number of hydrogen-bond acceptors (Lipinski definition) is 2. The summed E-state index contributed by atoms with van der Waals surface area (Å²) in [7, 11) is 10.3. The molecule has 0 bridgehead atoms. The number of hydrogen-bond donors (Lipinski definition) is 1. The maximum atomic E-state index is 10.8. The zero-order valence-electron chi connectivity index (χ0n) is 17.1. The molecule has 1 atom stereocenters. The maximum absolute atomic E-state index is 10.8. The van der Waals surface area contributed by atoms with Gasteiger partial charge in [-0.15, -0.1) is 0 Å². The van der Waals surface area contributed by atoms with Gasteiger partial charge in [-0.3, -0.25) is 0 Å². The monoisotopic (exact) mass is 473 g/mol. The first kappa shape index (κ1) is 24.0. The molecule has 1 fully saturated rings. The Labute approximate surface area is 188 Å². The molecule has 1 unspecified atom stereocenters. The van der Waals surface area contributed by atoms with Crippen LogP contribution in [0.15, 0.2) is 36.4 Å². The summed E-state index contributed by atoms with van der Waals surface area (Å²) >= 11 is -0.556. The van der Waals surface area contributed by atoms with Crippen LogP contribution in [0.4, 0.5) is 5.69 Å². The molecule has 0 saturated carbocycles. The van der Waals surface area contributed by atoms with Crippen LogP contribution in [0.5, 0.6) is 5.75 Å². The molecule has 2 aromatic rings. The number of aromatic hydroxyl groups is 1. The van der Waals surface area contributed by atoms with Gasteiger partial charge in [-0.1, -0.05) is 59.7 Å². The minimum absolute atomic E-state index is 0.0481. The summed E-state index contributed by atoms with van der Waals surface area (Å²) in [5.74, 6) is 0.471. The van der Waals surface area contributed by atoms with Crippen molar-refractivity contribution >= 4 is 43.5 Å². The molecule has 152 valence electrons. The summed E-state index contributed by atoms with van der Waals surface area (Å²) in [5, 5.41) is 13.2. The van der Waals surface area contributed by atoms with E-state index in [1.807, 2.05) is 6.07 Å². The second-order valence-corrected chi connectivity index (χ2v) is 12.1. The van der Waals surface area contributed by atoms with E-state index in [4.69, 9.17) is 18.6 Å². The van der Waals surface area contributed by atoms with Crippen LogP contribution in [0, 0.1) is 6.92 Å². The standard InChI is InChI=1S/C22H30NOP.2ClH.Ti/c1-16-11-12-19(18(15-16)23-13-6-5-7-14-23)25-20-10-8-9-17(21(20)24)22(2,3)4;;;/h8-12,15,24-25H,5-7,13-14H2,1-4H3;2*1H;/q;;;+2/p-2. The molecule has 0 aliphatic carbocycles. The van der Waals surface area contributed by atoms with Crippen molar-refractivity contribution in [2.45, 2.75) is 52.4 Å². The number of phenols is 1. The third kappa shape index (κ3) is 6.64. The van der Waals surface area contributed by atoms with Crippen LogP contribution in [0.2, 0.25) is 0 Å². The van der Waals surface area contributed by atoms with Crippen molar-refractivity contribution in [2.75, 3.05) is 18.0 Å². The van der Waals surface area contributed by atoms with Crippen molar-refractivity contribution < 1.29 is 22.1 Å². The van der Waals surface area contributed by atoms with Gasteiger partial charge in [-0.25, -0.2) is 0 Å².